The van der Waals surface area contributed by atoms with E-state index in [0.29, 0.717) is 12.1 Å². The lowest BCUT2D eigenvalue weighted by Gasteiger charge is -2.13. The van der Waals surface area contributed by atoms with Gasteiger partial charge in [-0.25, -0.2) is 16.8 Å². The molecule has 32 heavy (non-hydrogen) atoms. The molecule has 0 aliphatic carbocycles. The first-order valence-electron chi connectivity index (χ1n) is 9.61. The van der Waals surface area contributed by atoms with Crippen molar-refractivity contribution < 1.29 is 22.3 Å². The van der Waals surface area contributed by atoms with Crippen molar-refractivity contribution in [1.82, 2.24) is 14.6 Å². The van der Waals surface area contributed by atoms with E-state index in [4.69, 9.17) is 11.2 Å². The quantitative estimate of drug-likeness (QED) is 0.509. The second-order valence-electron chi connectivity index (χ2n) is 6.84. The molecule has 166 valence electrons. The zero-order valence-corrected chi connectivity index (χ0v) is 18.4. The van der Waals surface area contributed by atoms with Gasteiger partial charge in [-0.3, -0.25) is 4.79 Å². The molecule has 0 spiro atoms. The van der Waals surface area contributed by atoms with Crippen molar-refractivity contribution >= 4 is 15.9 Å². The lowest BCUT2D eigenvalue weighted by atomic mass is 10.1. The monoisotopic (exact) mass is 455 g/mol. The van der Waals surface area contributed by atoms with Crippen molar-refractivity contribution in [2.24, 2.45) is 0 Å². The average Bonchev–Trinajstić information content (AvgIpc) is 3.22. The second-order valence-corrected chi connectivity index (χ2v) is 8.66. The molecule has 0 unspecified atom stereocenters. The van der Waals surface area contributed by atoms with Gasteiger partial charge in [0.15, 0.2) is 6.61 Å². The first-order valence-corrected chi connectivity index (χ1v) is 11.1. The van der Waals surface area contributed by atoms with Gasteiger partial charge in [0.2, 0.25) is 0 Å². The third kappa shape index (κ3) is 4.82. The zero-order chi connectivity index (χ0) is 23.3. The highest BCUT2D eigenvalue weighted by Crippen LogP contribution is 2.30. The Hall–Kier alpha value is -3.61. The van der Waals surface area contributed by atoms with Crippen LogP contribution in [-0.2, 0) is 21.4 Å². The van der Waals surface area contributed by atoms with E-state index in [0.717, 1.165) is 3.97 Å². The predicted molar refractivity (Wildman–Crippen MR) is 119 cm³/mol. The Kier molecular flexibility index (Phi) is 6.98. The molecule has 1 heterocycles. The molecule has 1 aromatic heterocycles. The molecule has 0 aliphatic rings. The molecular formula is C23H22FN3O4S. The molecular weight excluding hydrogens is 433 g/mol. The molecule has 0 saturated carbocycles. The summed E-state index contributed by atoms with van der Waals surface area (Å²) in [6.07, 6.45) is 6.92. The summed E-state index contributed by atoms with van der Waals surface area (Å²) in [5.74, 6) is 1.58. The van der Waals surface area contributed by atoms with Crippen molar-refractivity contribution in [2.45, 2.75) is 11.4 Å². The summed E-state index contributed by atoms with van der Waals surface area (Å²) in [6.45, 7) is 0.0786. The van der Waals surface area contributed by atoms with E-state index in [2.05, 4.69) is 16.6 Å². The Balaban J connectivity index is 2.15. The van der Waals surface area contributed by atoms with Crippen LogP contribution < -0.4 is 15.4 Å². The normalized spacial score (nSPS) is 11.1. The van der Waals surface area contributed by atoms with Crippen molar-refractivity contribution in [3.8, 4) is 29.4 Å². The second kappa shape index (κ2) is 9.68. The van der Waals surface area contributed by atoms with Crippen LogP contribution in [0.3, 0.4) is 0 Å². The van der Waals surface area contributed by atoms with Crippen molar-refractivity contribution in [1.29, 1.82) is 0 Å². The van der Waals surface area contributed by atoms with E-state index in [1.54, 1.807) is 19.2 Å². The Morgan fingerprint density at radius 3 is 2.59 bits per heavy atom. The van der Waals surface area contributed by atoms with E-state index >= 15 is 0 Å². The first-order chi connectivity index (χ1) is 15.3. The van der Waals surface area contributed by atoms with Gasteiger partial charge in [-0.05, 0) is 42.9 Å². The van der Waals surface area contributed by atoms with Crippen LogP contribution in [0.2, 0.25) is 0 Å². The Morgan fingerprint density at radius 1 is 1.19 bits per heavy atom. The number of ether oxygens (including phenoxy) is 1. The Labute approximate surface area is 186 Å². The molecule has 2 N–H and O–H groups in total. The van der Waals surface area contributed by atoms with Crippen LogP contribution in [0.15, 0.2) is 59.6 Å². The highest BCUT2D eigenvalue weighted by Gasteiger charge is 2.24. The summed E-state index contributed by atoms with van der Waals surface area (Å²) in [5.41, 5.74) is 1.22. The maximum absolute atomic E-state index is 14.5. The van der Waals surface area contributed by atoms with E-state index in [-0.39, 0.29) is 40.0 Å². The van der Waals surface area contributed by atoms with E-state index < -0.39 is 15.8 Å². The average molecular weight is 456 g/mol. The minimum Gasteiger partial charge on any atom is -0.484 e. The molecule has 0 saturated heterocycles. The number of likely N-dealkylation sites (N-methyl/N-ethyl adjacent to an activating group) is 1. The van der Waals surface area contributed by atoms with Crippen LogP contribution in [-0.4, -0.2) is 39.0 Å². The fourth-order valence-corrected chi connectivity index (χ4v) is 4.54. The number of benzene rings is 2. The molecule has 7 nitrogen and oxygen atoms in total. The minimum absolute atomic E-state index is 0.123. The number of hydrogen-bond acceptors (Lipinski definition) is 5. The molecule has 3 rings (SSSR count). The number of aromatic nitrogens is 1. The summed E-state index contributed by atoms with van der Waals surface area (Å²) in [6, 6.07) is 11.6. The van der Waals surface area contributed by atoms with Gasteiger partial charge < -0.3 is 15.4 Å². The Bertz CT molecular complexity index is 1290. The topological polar surface area (TPSA) is 89.4 Å². The van der Waals surface area contributed by atoms with Gasteiger partial charge in [0.25, 0.3) is 15.9 Å². The predicted octanol–water partition coefficient (Wildman–Crippen LogP) is 2.36. The van der Waals surface area contributed by atoms with Crippen LogP contribution in [0.25, 0.3) is 11.3 Å². The zero-order valence-electron chi connectivity index (χ0n) is 17.6. The number of halogens is 1. The lowest BCUT2D eigenvalue weighted by molar-refractivity contribution is -0.122. The van der Waals surface area contributed by atoms with Gasteiger partial charge >= 0.3 is 0 Å². The van der Waals surface area contributed by atoms with Gasteiger partial charge in [0, 0.05) is 37.0 Å². The SMILES string of the molecule is C#Cc1cc(OCC(=O)NC)cc(S(=O)(=O)n2cc(CNC)cc2-c2ccccc2F)c1. The summed E-state index contributed by atoms with van der Waals surface area (Å²) < 4.78 is 48.1. The van der Waals surface area contributed by atoms with Gasteiger partial charge in [-0.2, -0.15) is 0 Å². The maximum Gasteiger partial charge on any atom is 0.268 e. The Morgan fingerprint density at radius 2 is 1.94 bits per heavy atom. The highest BCUT2D eigenvalue weighted by molar-refractivity contribution is 7.90. The number of carbonyl (C=O) groups is 1. The molecule has 2 aromatic carbocycles. The van der Waals surface area contributed by atoms with Gasteiger partial charge in [-0.1, -0.05) is 18.1 Å². The van der Waals surface area contributed by atoms with Crippen molar-refractivity contribution in [3.05, 3.63) is 71.7 Å². The smallest absolute Gasteiger partial charge is 0.268 e. The van der Waals surface area contributed by atoms with E-state index in [1.165, 1.54) is 49.6 Å². The number of hydrogen-bond donors (Lipinski definition) is 2. The number of terminal acetylenes is 1. The van der Waals surface area contributed by atoms with Gasteiger partial charge in [0.1, 0.15) is 11.6 Å². The van der Waals surface area contributed by atoms with E-state index in [1.807, 2.05) is 0 Å². The van der Waals surface area contributed by atoms with Crippen LogP contribution in [0.4, 0.5) is 4.39 Å². The van der Waals surface area contributed by atoms with Crippen LogP contribution in [0.5, 0.6) is 5.75 Å². The number of amides is 1. The number of nitrogens with one attached hydrogen (secondary N) is 2. The fourth-order valence-electron chi connectivity index (χ4n) is 3.08. The molecule has 1 amide bonds. The summed E-state index contributed by atoms with van der Waals surface area (Å²) in [4.78, 5) is 11.4. The van der Waals surface area contributed by atoms with Crippen LogP contribution >= 0.6 is 0 Å². The standard InChI is InChI=1S/C23H22FN3O4S/c1-4-16-9-18(31-15-23(28)26-3)12-19(10-16)32(29,30)27-14-17(13-25-2)11-22(27)20-7-5-6-8-21(20)24/h1,5-12,14,25H,13,15H2,2-3H3,(H,26,28). The summed E-state index contributed by atoms with van der Waals surface area (Å²) in [5, 5.41) is 5.37. The molecule has 3 aromatic rings. The molecule has 0 atom stereocenters. The van der Waals surface area contributed by atoms with Crippen molar-refractivity contribution in [2.75, 3.05) is 20.7 Å². The number of carbonyl (C=O) groups excluding carboxylic acids is 1. The van der Waals surface area contributed by atoms with Crippen LogP contribution in [0.1, 0.15) is 11.1 Å². The molecule has 0 fully saturated rings. The third-order valence-electron chi connectivity index (χ3n) is 4.63. The van der Waals surface area contributed by atoms with Crippen molar-refractivity contribution in [3.63, 3.8) is 0 Å². The summed E-state index contributed by atoms with van der Waals surface area (Å²) in [7, 11) is -1.01. The molecule has 0 bridgehead atoms. The first kappa shape index (κ1) is 23.1. The lowest BCUT2D eigenvalue weighted by Crippen LogP contribution is -2.25. The third-order valence-corrected chi connectivity index (χ3v) is 6.28. The minimum atomic E-state index is -4.19. The summed E-state index contributed by atoms with van der Waals surface area (Å²) >= 11 is 0. The number of nitrogens with zero attached hydrogens (tertiary/aromatic N) is 1. The van der Waals surface area contributed by atoms with Crippen LogP contribution in [0, 0.1) is 18.2 Å². The molecule has 0 radical (unpaired) electrons. The molecule has 0 aliphatic heterocycles. The number of rotatable bonds is 8. The molecule has 9 heteroatoms. The fraction of sp³-hybridized carbons (Fsp3) is 0.174. The highest BCUT2D eigenvalue weighted by atomic mass is 32.2. The maximum atomic E-state index is 14.5. The van der Waals surface area contributed by atoms with Gasteiger partial charge in [-0.15, -0.1) is 6.42 Å². The van der Waals surface area contributed by atoms with E-state index in [9.17, 15) is 17.6 Å². The largest absolute Gasteiger partial charge is 0.484 e. The van der Waals surface area contributed by atoms with Gasteiger partial charge in [0.05, 0.1) is 10.6 Å².